The van der Waals surface area contributed by atoms with Crippen molar-refractivity contribution in [3.8, 4) is 11.5 Å². The maximum Gasteiger partial charge on any atom is 0.229 e. The number of nitrogens with zero attached hydrogens (tertiary/aromatic N) is 1. The Morgan fingerprint density at radius 2 is 1.57 bits per heavy atom. The standard InChI is InChI=1S/C23H18Cl2N2O3/c24-16-5-9-18(10-6-16)30-19-11-7-17(8-12-19)26-23(29)15-13-22(28)27(14-15)21-4-2-1-3-20(21)25/h1-12,15H,13-14H2,(H,26,29)/t15-/m0/s1. The minimum Gasteiger partial charge on any atom is -0.457 e. The predicted octanol–water partition coefficient (Wildman–Crippen LogP) is 5.78. The monoisotopic (exact) mass is 440 g/mol. The molecule has 4 rings (SSSR count). The number of para-hydroxylation sites is 1. The van der Waals surface area contributed by atoms with E-state index in [0.29, 0.717) is 39.5 Å². The van der Waals surface area contributed by atoms with E-state index in [9.17, 15) is 9.59 Å². The minimum atomic E-state index is -0.446. The third kappa shape index (κ3) is 4.58. The van der Waals surface area contributed by atoms with Crippen molar-refractivity contribution < 1.29 is 14.3 Å². The molecular formula is C23H18Cl2N2O3. The molecule has 3 aromatic rings. The minimum absolute atomic E-state index is 0.116. The zero-order chi connectivity index (χ0) is 21.1. The molecule has 1 saturated heterocycles. The summed E-state index contributed by atoms with van der Waals surface area (Å²) in [6.07, 6.45) is 0.148. The van der Waals surface area contributed by atoms with E-state index >= 15 is 0 Å². The summed E-state index contributed by atoms with van der Waals surface area (Å²) in [7, 11) is 0. The molecule has 1 heterocycles. The smallest absolute Gasteiger partial charge is 0.229 e. The number of amides is 2. The highest BCUT2D eigenvalue weighted by atomic mass is 35.5. The fraction of sp³-hybridized carbons (Fsp3) is 0.130. The van der Waals surface area contributed by atoms with Crippen molar-refractivity contribution in [1.29, 1.82) is 0 Å². The molecule has 0 aromatic heterocycles. The van der Waals surface area contributed by atoms with Crippen LogP contribution in [-0.2, 0) is 9.59 Å². The van der Waals surface area contributed by atoms with Crippen molar-refractivity contribution in [1.82, 2.24) is 0 Å². The molecule has 0 unspecified atom stereocenters. The number of hydrogen-bond acceptors (Lipinski definition) is 3. The van der Waals surface area contributed by atoms with Crippen molar-refractivity contribution >= 4 is 46.4 Å². The van der Waals surface area contributed by atoms with Gasteiger partial charge in [-0.15, -0.1) is 0 Å². The zero-order valence-corrected chi connectivity index (χ0v) is 17.4. The van der Waals surface area contributed by atoms with E-state index in [1.54, 1.807) is 71.6 Å². The highest BCUT2D eigenvalue weighted by Crippen LogP contribution is 2.31. The Hall–Kier alpha value is -3.02. The number of ether oxygens (including phenoxy) is 1. The number of carbonyl (C=O) groups is 2. The van der Waals surface area contributed by atoms with Crippen molar-refractivity contribution in [2.24, 2.45) is 5.92 Å². The van der Waals surface area contributed by atoms with Crippen LogP contribution < -0.4 is 15.0 Å². The number of benzene rings is 3. The van der Waals surface area contributed by atoms with Crippen molar-refractivity contribution in [2.75, 3.05) is 16.8 Å². The average molecular weight is 441 g/mol. The molecule has 0 saturated carbocycles. The van der Waals surface area contributed by atoms with Gasteiger partial charge in [-0.05, 0) is 60.7 Å². The van der Waals surface area contributed by atoms with Gasteiger partial charge >= 0.3 is 0 Å². The lowest BCUT2D eigenvalue weighted by atomic mass is 10.1. The summed E-state index contributed by atoms with van der Waals surface area (Å²) in [5.74, 6) is 0.537. The summed E-state index contributed by atoms with van der Waals surface area (Å²) in [5, 5.41) is 3.99. The number of nitrogens with one attached hydrogen (secondary N) is 1. The van der Waals surface area contributed by atoms with E-state index < -0.39 is 5.92 Å². The molecule has 2 amide bonds. The average Bonchev–Trinajstić information content (AvgIpc) is 3.13. The maximum absolute atomic E-state index is 12.7. The topological polar surface area (TPSA) is 58.6 Å². The van der Waals surface area contributed by atoms with E-state index in [4.69, 9.17) is 27.9 Å². The lowest BCUT2D eigenvalue weighted by Crippen LogP contribution is -2.28. The van der Waals surface area contributed by atoms with Crippen LogP contribution >= 0.6 is 23.2 Å². The third-order valence-corrected chi connectivity index (χ3v) is 5.38. The summed E-state index contributed by atoms with van der Waals surface area (Å²) in [4.78, 5) is 26.6. The Morgan fingerprint density at radius 3 is 2.23 bits per heavy atom. The summed E-state index contributed by atoms with van der Waals surface area (Å²) >= 11 is 12.1. The zero-order valence-electron chi connectivity index (χ0n) is 15.8. The highest BCUT2D eigenvalue weighted by Gasteiger charge is 2.35. The largest absolute Gasteiger partial charge is 0.457 e. The summed E-state index contributed by atoms with van der Waals surface area (Å²) in [6, 6.07) is 21.2. The van der Waals surface area contributed by atoms with Gasteiger partial charge in [0.1, 0.15) is 11.5 Å². The molecule has 1 aliphatic rings. The summed E-state index contributed by atoms with van der Waals surface area (Å²) in [6.45, 7) is 0.298. The normalized spacial score (nSPS) is 15.9. The van der Waals surface area contributed by atoms with Crippen LogP contribution in [0.4, 0.5) is 11.4 Å². The molecule has 1 fully saturated rings. The quantitative estimate of drug-likeness (QED) is 0.546. The van der Waals surface area contributed by atoms with Crippen molar-refractivity contribution in [3.05, 3.63) is 82.8 Å². The molecular weight excluding hydrogens is 423 g/mol. The number of anilines is 2. The van der Waals surface area contributed by atoms with Gasteiger partial charge in [0.25, 0.3) is 0 Å². The number of hydrogen-bond donors (Lipinski definition) is 1. The second-order valence-electron chi connectivity index (χ2n) is 6.93. The van der Waals surface area contributed by atoms with Gasteiger partial charge in [-0.3, -0.25) is 9.59 Å². The fourth-order valence-electron chi connectivity index (χ4n) is 3.28. The van der Waals surface area contributed by atoms with Gasteiger partial charge in [-0.2, -0.15) is 0 Å². The van der Waals surface area contributed by atoms with Gasteiger partial charge in [0.05, 0.1) is 16.6 Å². The maximum atomic E-state index is 12.7. The van der Waals surface area contributed by atoms with Crippen LogP contribution in [0.25, 0.3) is 0 Å². The first-order valence-corrected chi connectivity index (χ1v) is 10.1. The molecule has 1 aliphatic heterocycles. The molecule has 5 nitrogen and oxygen atoms in total. The second kappa shape index (κ2) is 8.78. The van der Waals surface area contributed by atoms with E-state index in [0.717, 1.165) is 0 Å². The van der Waals surface area contributed by atoms with Gasteiger partial charge < -0.3 is 15.0 Å². The Balaban J connectivity index is 1.37. The second-order valence-corrected chi connectivity index (χ2v) is 7.77. The molecule has 7 heteroatoms. The van der Waals surface area contributed by atoms with E-state index in [2.05, 4.69) is 5.32 Å². The van der Waals surface area contributed by atoms with Gasteiger partial charge in [0.2, 0.25) is 11.8 Å². The first-order chi connectivity index (χ1) is 14.5. The van der Waals surface area contributed by atoms with Crippen LogP contribution in [0.2, 0.25) is 10.0 Å². The molecule has 3 aromatic carbocycles. The van der Waals surface area contributed by atoms with Gasteiger partial charge in [0, 0.05) is 23.7 Å². The van der Waals surface area contributed by atoms with Crippen LogP contribution in [0.3, 0.4) is 0 Å². The first kappa shape index (κ1) is 20.3. The Kier molecular flexibility index (Phi) is 5.93. The lowest BCUT2D eigenvalue weighted by molar-refractivity contribution is -0.122. The molecule has 152 valence electrons. The van der Waals surface area contributed by atoms with Crippen LogP contribution in [0, 0.1) is 5.92 Å². The first-order valence-electron chi connectivity index (χ1n) is 9.39. The van der Waals surface area contributed by atoms with Gasteiger partial charge in [-0.1, -0.05) is 35.3 Å². The van der Waals surface area contributed by atoms with Crippen LogP contribution in [0.1, 0.15) is 6.42 Å². The number of rotatable bonds is 5. The summed E-state index contributed by atoms with van der Waals surface area (Å²) < 4.78 is 5.75. The molecule has 0 spiro atoms. The van der Waals surface area contributed by atoms with Crippen LogP contribution in [0.5, 0.6) is 11.5 Å². The van der Waals surface area contributed by atoms with Gasteiger partial charge in [0.15, 0.2) is 0 Å². The molecule has 1 atom stereocenters. The van der Waals surface area contributed by atoms with E-state index in [-0.39, 0.29) is 18.2 Å². The van der Waals surface area contributed by atoms with E-state index in [1.807, 2.05) is 6.07 Å². The molecule has 0 radical (unpaired) electrons. The molecule has 30 heavy (non-hydrogen) atoms. The third-order valence-electron chi connectivity index (χ3n) is 4.81. The lowest BCUT2D eigenvalue weighted by Gasteiger charge is -2.18. The van der Waals surface area contributed by atoms with Crippen molar-refractivity contribution in [3.63, 3.8) is 0 Å². The molecule has 0 bridgehead atoms. The van der Waals surface area contributed by atoms with Crippen LogP contribution in [-0.4, -0.2) is 18.4 Å². The van der Waals surface area contributed by atoms with Crippen LogP contribution in [0.15, 0.2) is 72.8 Å². The highest BCUT2D eigenvalue weighted by molar-refractivity contribution is 6.34. The number of carbonyl (C=O) groups excluding carboxylic acids is 2. The Bertz CT molecular complexity index is 1070. The summed E-state index contributed by atoms with van der Waals surface area (Å²) in [5.41, 5.74) is 1.26. The van der Waals surface area contributed by atoms with Gasteiger partial charge in [-0.25, -0.2) is 0 Å². The SMILES string of the molecule is O=C(Nc1ccc(Oc2ccc(Cl)cc2)cc1)[C@H]1CC(=O)N(c2ccccc2Cl)C1. The Labute approximate surface area is 184 Å². The molecule has 1 N–H and O–H groups in total. The Morgan fingerprint density at radius 1 is 0.933 bits per heavy atom. The molecule has 0 aliphatic carbocycles. The van der Waals surface area contributed by atoms with Crippen molar-refractivity contribution in [2.45, 2.75) is 6.42 Å². The predicted molar refractivity (Wildman–Crippen MR) is 119 cm³/mol. The number of halogens is 2. The van der Waals surface area contributed by atoms with E-state index in [1.165, 1.54) is 0 Å². The fourth-order valence-corrected chi connectivity index (χ4v) is 3.64.